The number of urea groups is 1. The van der Waals surface area contributed by atoms with Gasteiger partial charge in [-0.2, -0.15) is 0 Å². The van der Waals surface area contributed by atoms with E-state index in [0.717, 1.165) is 44.6 Å². The van der Waals surface area contributed by atoms with Gasteiger partial charge in [0.1, 0.15) is 0 Å². The summed E-state index contributed by atoms with van der Waals surface area (Å²) in [5.74, 6) is 0.147. The van der Waals surface area contributed by atoms with Crippen LogP contribution in [0, 0.1) is 0 Å². The van der Waals surface area contributed by atoms with Gasteiger partial charge in [-0.05, 0) is 25.3 Å². The highest BCUT2D eigenvalue weighted by Gasteiger charge is 2.31. The molecule has 6 nitrogen and oxygen atoms in total. The SMILES string of the molecule is C[C@@H](c1ccccc1)N(C)C(=O)CN1CCC(N2CCNC2=O)CC1. The van der Waals surface area contributed by atoms with Crippen LogP contribution in [-0.4, -0.2) is 72.5 Å². The van der Waals surface area contributed by atoms with Crippen LogP contribution in [0.25, 0.3) is 0 Å². The fraction of sp³-hybridized carbons (Fsp3) is 0.579. The summed E-state index contributed by atoms with van der Waals surface area (Å²) < 4.78 is 0. The summed E-state index contributed by atoms with van der Waals surface area (Å²) in [6, 6.07) is 10.6. The molecule has 2 aliphatic heterocycles. The zero-order valence-corrected chi connectivity index (χ0v) is 15.1. The highest BCUT2D eigenvalue weighted by Crippen LogP contribution is 2.21. The number of amides is 3. The van der Waals surface area contributed by atoms with Crippen LogP contribution in [0.5, 0.6) is 0 Å². The zero-order valence-electron chi connectivity index (χ0n) is 15.1. The van der Waals surface area contributed by atoms with Crippen molar-refractivity contribution in [3.8, 4) is 0 Å². The van der Waals surface area contributed by atoms with E-state index < -0.39 is 0 Å². The molecular weight excluding hydrogens is 316 g/mol. The first-order valence-electron chi connectivity index (χ1n) is 9.13. The predicted octanol–water partition coefficient (Wildman–Crippen LogP) is 1.70. The average Bonchev–Trinajstić information content (AvgIpc) is 3.07. The molecule has 1 N–H and O–H groups in total. The number of nitrogens with one attached hydrogen (secondary N) is 1. The third-order valence-corrected chi connectivity index (χ3v) is 5.50. The first kappa shape index (κ1) is 17.7. The summed E-state index contributed by atoms with van der Waals surface area (Å²) >= 11 is 0. The van der Waals surface area contributed by atoms with E-state index >= 15 is 0 Å². The fourth-order valence-corrected chi connectivity index (χ4v) is 3.70. The summed E-state index contributed by atoms with van der Waals surface area (Å²) in [4.78, 5) is 30.4. The van der Waals surface area contributed by atoms with E-state index in [1.54, 1.807) is 0 Å². The maximum atomic E-state index is 12.6. The quantitative estimate of drug-likeness (QED) is 0.884. The van der Waals surface area contributed by atoms with Crippen molar-refractivity contribution in [2.75, 3.05) is 39.8 Å². The van der Waals surface area contributed by atoms with Crippen molar-refractivity contribution in [2.24, 2.45) is 0 Å². The first-order valence-corrected chi connectivity index (χ1v) is 9.13. The number of piperidine rings is 1. The zero-order chi connectivity index (χ0) is 17.8. The molecule has 0 unspecified atom stereocenters. The molecule has 136 valence electrons. The molecule has 0 spiro atoms. The minimum Gasteiger partial charge on any atom is -0.338 e. The molecule has 2 fully saturated rings. The molecule has 2 saturated heterocycles. The Bertz CT molecular complexity index is 599. The Balaban J connectivity index is 1.48. The van der Waals surface area contributed by atoms with Gasteiger partial charge in [0.15, 0.2) is 0 Å². The van der Waals surface area contributed by atoms with E-state index in [2.05, 4.69) is 29.3 Å². The van der Waals surface area contributed by atoms with Gasteiger partial charge in [-0.1, -0.05) is 30.3 Å². The molecule has 3 amide bonds. The van der Waals surface area contributed by atoms with Gasteiger partial charge >= 0.3 is 6.03 Å². The van der Waals surface area contributed by atoms with Crippen LogP contribution < -0.4 is 5.32 Å². The Morgan fingerprint density at radius 1 is 1.24 bits per heavy atom. The van der Waals surface area contributed by atoms with Gasteiger partial charge in [-0.3, -0.25) is 9.69 Å². The predicted molar refractivity (Wildman–Crippen MR) is 97.2 cm³/mol. The number of nitrogens with zero attached hydrogens (tertiary/aromatic N) is 3. The van der Waals surface area contributed by atoms with Gasteiger partial charge in [-0.15, -0.1) is 0 Å². The molecule has 2 heterocycles. The molecule has 3 rings (SSSR count). The van der Waals surface area contributed by atoms with E-state index in [1.807, 2.05) is 35.0 Å². The number of rotatable bonds is 5. The van der Waals surface area contributed by atoms with E-state index in [4.69, 9.17) is 0 Å². The molecule has 0 aromatic heterocycles. The Hall–Kier alpha value is -2.08. The summed E-state index contributed by atoms with van der Waals surface area (Å²) in [5, 5.41) is 2.87. The molecule has 0 radical (unpaired) electrons. The highest BCUT2D eigenvalue weighted by atomic mass is 16.2. The molecule has 1 atom stereocenters. The number of hydrogen-bond donors (Lipinski definition) is 1. The van der Waals surface area contributed by atoms with Gasteiger partial charge in [0.25, 0.3) is 0 Å². The molecule has 2 aliphatic rings. The van der Waals surface area contributed by atoms with E-state index in [9.17, 15) is 9.59 Å². The minimum atomic E-state index is 0.0611. The Morgan fingerprint density at radius 3 is 2.52 bits per heavy atom. The van der Waals surface area contributed by atoms with Crippen molar-refractivity contribution >= 4 is 11.9 Å². The standard InChI is InChI=1S/C19H28N4O2/c1-15(16-6-4-3-5-7-16)21(2)18(24)14-22-11-8-17(9-12-22)23-13-10-20-19(23)25/h3-7,15,17H,8-14H2,1-2H3,(H,20,25)/t15-/m0/s1. The third kappa shape index (κ3) is 4.12. The second-order valence-electron chi connectivity index (χ2n) is 7.02. The summed E-state index contributed by atoms with van der Waals surface area (Å²) in [6.07, 6.45) is 1.89. The van der Waals surface area contributed by atoms with Gasteiger partial charge in [-0.25, -0.2) is 4.79 Å². The van der Waals surface area contributed by atoms with Crippen molar-refractivity contribution in [1.29, 1.82) is 0 Å². The lowest BCUT2D eigenvalue weighted by Crippen LogP contribution is -2.48. The van der Waals surface area contributed by atoms with Crippen molar-refractivity contribution < 1.29 is 9.59 Å². The Morgan fingerprint density at radius 2 is 1.92 bits per heavy atom. The van der Waals surface area contributed by atoms with Crippen LogP contribution >= 0.6 is 0 Å². The Kier molecular flexibility index (Phi) is 5.58. The molecule has 0 aliphatic carbocycles. The van der Waals surface area contributed by atoms with Gasteiger partial charge in [0, 0.05) is 39.3 Å². The largest absolute Gasteiger partial charge is 0.338 e. The van der Waals surface area contributed by atoms with Crippen LogP contribution in [0.2, 0.25) is 0 Å². The van der Waals surface area contributed by atoms with Crippen LogP contribution in [-0.2, 0) is 4.79 Å². The fourth-order valence-electron chi connectivity index (χ4n) is 3.70. The van der Waals surface area contributed by atoms with E-state index in [1.165, 1.54) is 0 Å². The van der Waals surface area contributed by atoms with Crippen molar-refractivity contribution in [2.45, 2.75) is 31.8 Å². The number of hydrogen-bond acceptors (Lipinski definition) is 3. The third-order valence-electron chi connectivity index (χ3n) is 5.50. The summed E-state index contributed by atoms with van der Waals surface area (Å²) in [7, 11) is 1.88. The number of carbonyl (C=O) groups is 2. The maximum absolute atomic E-state index is 12.6. The van der Waals surface area contributed by atoms with Crippen molar-refractivity contribution in [3.63, 3.8) is 0 Å². The van der Waals surface area contributed by atoms with Crippen LogP contribution in [0.15, 0.2) is 30.3 Å². The first-order chi connectivity index (χ1) is 12.1. The van der Waals surface area contributed by atoms with Gasteiger partial charge in [0.2, 0.25) is 5.91 Å². The molecule has 0 bridgehead atoms. The lowest BCUT2D eigenvalue weighted by molar-refractivity contribution is -0.133. The van der Waals surface area contributed by atoms with Gasteiger partial charge in [0.05, 0.1) is 12.6 Å². The monoisotopic (exact) mass is 344 g/mol. The number of carbonyl (C=O) groups excluding carboxylic acids is 2. The topological polar surface area (TPSA) is 55.9 Å². The average molecular weight is 344 g/mol. The number of benzene rings is 1. The summed E-state index contributed by atoms with van der Waals surface area (Å²) in [6.45, 7) is 5.80. The maximum Gasteiger partial charge on any atom is 0.317 e. The molecule has 1 aromatic carbocycles. The van der Waals surface area contributed by atoms with E-state index in [0.29, 0.717) is 12.6 Å². The Labute approximate surface area is 149 Å². The van der Waals surface area contributed by atoms with Crippen LogP contribution in [0.1, 0.15) is 31.4 Å². The summed E-state index contributed by atoms with van der Waals surface area (Å²) in [5.41, 5.74) is 1.15. The van der Waals surface area contributed by atoms with Crippen molar-refractivity contribution in [1.82, 2.24) is 20.0 Å². The normalized spacial score (nSPS) is 20.4. The van der Waals surface area contributed by atoms with Crippen LogP contribution in [0.4, 0.5) is 4.79 Å². The second-order valence-corrected chi connectivity index (χ2v) is 7.02. The molecule has 25 heavy (non-hydrogen) atoms. The van der Waals surface area contributed by atoms with Crippen LogP contribution in [0.3, 0.4) is 0 Å². The minimum absolute atomic E-state index is 0.0611. The molecule has 0 saturated carbocycles. The van der Waals surface area contributed by atoms with E-state index in [-0.39, 0.29) is 18.0 Å². The lowest BCUT2D eigenvalue weighted by atomic mass is 10.0. The van der Waals surface area contributed by atoms with Crippen molar-refractivity contribution in [3.05, 3.63) is 35.9 Å². The molecular formula is C19H28N4O2. The highest BCUT2D eigenvalue weighted by molar-refractivity contribution is 5.78. The number of likely N-dealkylation sites (tertiary alicyclic amines) is 1. The second kappa shape index (κ2) is 7.87. The lowest BCUT2D eigenvalue weighted by Gasteiger charge is -2.36. The smallest absolute Gasteiger partial charge is 0.317 e. The number of likely N-dealkylation sites (N-methyl/N-ethyl adjacent to an activating group) is 1. The molecule has 6 heteroatoms. The van der Waals surface area contributed by atoms with Gasteiger partial charge < -0.3 is 15.1 Å². The molecule has 1 aromatic rings.